The molecule has 0 radical (unpaired) electrons. The molecular formula is C39H38N8NiO11S2. The summed E-state index contributed by atoms with van der Waals surface area (Å²) in [7, 11) is -9.05. The Bertz CT molecular complexity index is 2930. The van der Waals surface area contributed by atoms with Crippen molar-refractivity contribution in [2.45, 2.75) is 55.7 Å². The number of anilines is 2. The molecule has 0 amide bonds. The van der Waals surface area contributed by atoms with Gasteiger partial charge in [0.2, 0.25) is 0 Å². The minimum absolute atomic E-state index is 0. The Balaban J connectivity index is 0.000000201. The number of aldehydes is 1. The quantitative estimate of drug-likeness (QED) is 0.0476. The predicted octanol–water partition coefficient (Wildman–Crippen LogP) is 8.42. The van der Waals surface area contributed by atoms with Gasteiger partial charge in [-0.3, -0.25) is 13.9 Å². The first-order valence-corrected chi connectivity index (χ1v) is 21.6. The Hall–Kier alpha value is -5.93. The van der Waals surface area contributed by atoms with Gasteiger partial charge in [-0.2, -0.15) is 26.8 Å². The van der Waals surface area contributed by atoms with E-state index in [1.807, 2.05) is 11.8 Å². The molecule has 0 unspecified atom stereocenters. The first-order chi connectivity index (χ1) is 28.6. The molecule has 4 aromatic carbocycles. The second-order valence-electron chi connectivity index (χ2n) is 13.8. The zero-order valence-corrected chi connectivity index (χ0v) is 35.2. The van der Waals surface area contributed by atoms with Crippen LogP contribution in [0, 0.1) is 0 Å². The van der Waals surface area contributed by atoms with Crippen LogP contribution in [-0.2, 0) is 49.6 Å². The van der Waals surface area contributed by atoms with Crippen molar-refractivity contribution in [2.75, 3.05) is 36.0 Å². The number of azo groups is 2. The monoisotopic (exact) mass is 916 g/mol. The van der Waals surface area contributed by atoms with Crippen molar-refractivity contribution in [3.63, 3.8) is 0 Å². The molecule has 2 aromatic heterocycles. The normalized spacial score (nSPS) is 14.2. The molecule has 19 nitrogen and oxygen atoms in total. The number of carboxylic acids is 1. The molecule has 0 saturated heterocycles. The van der Waals surface area contributed by atoms with Crippen LogP contribution in [0.2, 0.25) is 0 Å². The average molecular weight is 918 g/mol. The number of aromatic nitrogens is 2. The van der Waals surface area contributed by atoms with Gasteiger partial charge in [0.25, 0.3) is 20.2 Å². The van der Waals surface area contributed by atoms with Crippen molar-refractivity contribution in [3.8, 4) is 0 Å². The Morgan fingerprint density at radius 1 is 0.738 bits per heavy atom. The van der Waals surface area contributed by atoms with Crippen molar-refractivity contribution < 1.29 is 66.0 Å². The van der Waals surface area contributed by atoms with E-state index < -0.39 is 26.2 Å². The zero-order chi connectivity index (χ0) is 42.8. The van der Waals surface area contributed by atoms with Gasteiger partial charge >= 0.3 is 18.0 Å². The molecule has 8 rings (SSSR count). The van der Waals surface area contributed by atoms with E-state index in [0.717, 1.165) is 74.2 Å². The summed E-state index contributed by atoms with van der Waals surface area (Å²) in [6.45, 7) is 7.10. The van der Waals surface area contributed by atoms with Crippen LogP contribution in [0.1, 0.15) is 65.0 Å². The molecule has 0 spiro atoms. The molecule has 61 heavy (non-hydrogen) atoms. The van der Waals surface area contributed by atoms with Crippen LogP contribution < -0.4 is 9.80 Å². The van der Waals surface area contributed by atoms with Gasteiger partial charge in [0.15, 0.2) is 11.2 Å². The van der Waals surface area contributed by atoms with Gasteiger partial charge in [-0.25, -0.2) is 4.79 Å². The fourth-order valence-electron chi connectivity index (χ4n) is 7.03. The third-order valence-corrected chi connectivity index (χ3v) is 11.6. The number of likely N-dealkylation sites (N-methyl/N-ethyl adjacent to an activating group) is 1. The SMILES string of the molecule is CCCN1CCCCc2cc(N=Nc3nc4ccc(C=O)cc4o3)c(S(=O)(=O)O)cc21.CCN1CCc2cc(N=Nc3nc4ccc(C(=O)O)cc4o3)c(S(=O)(=O)O)cc21.[Ni]. The minimum atomic E-state index is -4.53. The van der Waals surface area contributed by atoms with Crippen LogP contribution in [0.15, 0.2) is 99.7 Å². The average Bonchev–Trinajstić information content (AvgIpc) is 3.91. The maximum Gasteiger partial charge on any atom is 0.341 e. The van der Waals surface area contributed by atoms with E-state index in [-0.39, 0.29) is 60.8 Å². The molecular weight excluding hydrogens is 879 g/mol. The Labute approximate surface area is 359 Å². The maximum absolute atomic E-state index is 12.1. The van der Waals surface area contributed by atoms with Gasteiger partial charge in [-0.15, -0.1) is 10.2 Å². The summed E-state index contributed by atoms with van der Waals surface area (Å²) >= 11 is 0. The number of aryl methyl sites for hydroxylation is 1. The van der Waals surface area contributed by atoms with Gasteiger partial charge in [0.05, 0.1) is 5.56 Å². The van der Waals surface area contributed by atoms with E-state index in [1.54, 1.807) is 24.3 Å². The summed E-state index contributed by atoms with van der Waals surface area (Å²) in [5.74, 6) is -1.11. The zero-order valence-electron chi connectivity index (χ0n) is 32.5. The number of carboxylic acid groups (broad SMARTS) is 1. The number of benzene rings is 4. The molecule has 0 saturated carbocycles. The predicted molar refractivity (Wildman–Crippen MR) is 218 cm³/mol. The van der Waals surface area contributed by atoms with Crippen LogP contribution in [0.4, 0.5) is 34.8 Å². The molecule has 2 aliphatic heterocycles. The molecule has 0 bridgehead atoms. The van der Waals surface area contributed by atoms with Gasteiger partial charge < -0.3 is 23.7 Å². The van der Waals surface area contributed by atoms with Crippen LogP contribution >= 0.6 is 0 Å². The van der Waals surface area contributed by atoms with E-state index in [0.29, 0.717) is 35.0 Å². The Kier molecular flexibility index (Phi) is 13.4. The van der Waals surface area contributed by atoms with Crippen molar-refractivity contribution in [1.29, 1.82) is 0 Å². The second kappa shape index (κ2) is 18.4. The molecule has 322 valence electrons. The molecule has 3 N–H and O–H groups in total. The van der Waals surface area contributed by atoms with Gasteiger partial charge in [-0.05, 0) is 111 Å². The van der Waals surface area contributed by atoms with Gasteiger partial charge in [0.1, 0.15) is 38.5 Å². The van der Waals surface area contributed by atoms with E-state index >= 15 is 0 Å². The van der Waals surface area contributed by atoms with Crippen LogP contribution in [0.25, 0.3) is 22.2 Å². The van der Waals surface area contributed by atoms with Crippen LogP contribution in [0.5, 0.6) is 0 Å². The minimum Gasteiger partial charge on any atom is -0.478 e. The van der Waals surface area contributed by atoms with Crippen LogP contribution in [0.3, 0.4) is 0 Å². The molecule has 6 aromatic rings. The molecule has 0 atom stereocenters. The first kappa shape index (κ1) is 44.6. The summed E-state index contributed by atoms with van der Waals surface area (Å²) in [5, 5.41) is 24.8. The standard InChI is InChI=1S/C21H22N4O5S.C18H16N4O6S.Ni/c1-2-8-25-9-4-3-5-15-11-17(20(12-18(15)25)31(27,28)29)23-24-21-22-16-7-6-14(13-26)10-19(16)30-21;1-2-22-6-5-10-7-13(16(9-14(10)22)29(25,26)27)20-21-18-19-12-4-3-11(17(23)24)8-15(12)28-18;/h6-7,10-13H,2-5,8-9H2,1H3,(H,27,28,29);3-4,7-9H,2,5-6H2,1H3,(H,23,24)(H,25,26,27);. The van der Waals surface area contributed by atoms with E-state index in [2.05, 4.69) is 42.2 Å². The summed E-state index contributed by atoms with van der Waals surface area (Å²) in [6, 6.07) is 14.8. The molecule has 0 aliphatic carbocycles. The summed E-state index contributed by atoms with van der Waals surface area (Å²) in [5.41, 5.74) is 5.31. The number of fused-ring (bicyclic) bond motifs is 4. The first-order valence-electron chi connectivity index (χ1n) is 18.8. The molecule has 4 heterocycles. The second-order valence-corrected chi connectivity index (χ2v) is 16.6. The number of hydrogen-bond donors (Lipinski definition) is 3. The summed E-state index contributed by atoms with van der Waals surface area (Å²) in [4.78, 5) is 33.7. The summed E-state index contributed by atoms with van der Waals surface area (Å²) in [6.07, 6.45) is 5.09. The number of oxazole rings is 2. The van der Waals surface area contributed by atoms with E-state index in [4.69, 9.17) is 13.9 Å². The smallest absolute Gasteiger partial charge is 0.341 e. The summed E-state index contributed by atoms with van der Waals surface area (Å²) < 4.78 is 78.1. The third-order valence-electron chi connectivity index (χ3n) is 9.86. The Morgan fingerprint density at radius 2 is 1.30 bits per heavy atom. The van der Waals surface area contributed by atoms with Gasteiger partial charge in [0, 0.05) is 59.6 Å². The van der Waals surface area contributed by atoms with Crippen molar-refractivity contribution >= 4 is 89.5 Å². The van der Waals surface area contributed by atoms with Crippen LogP contribution in [-0.4, -0.2) is 79.5 Å². The van der Waals surface area contributed by atoms with Crippen molar-refractivity contribution in [3.05, 3.63) is 82.9 Å². The fourth-order valence-corrected chi connectivity index (χ4v) is 8.28. The number of carbonyl (C=O) groups is 2. The molecule has 2 aliphatic rings. The van der Waals surface area contributed by atoms with Crippen molar-refractivity contribution in [1.82, 2.24) is 9.97 Å². The number of hydrogen-bond acceptors (Lipinski definition) is 16. The van der Waals surface area contributed by atoms with Gasteiger partial charge in [-0.1, -0.05) is 17.2 Å². The number of rotatable bonds is 11. The van der Waals surface area contributed by atoms with E-state index in [9.17, 15) is 35.5 Å². The number of aromatic carboxylic acids is 1. The molecule has 0 fully saturated rings. The topological polar surface area (TPSA) is 271 Å². The third kappa shape index (κ3) is 10.0. The maximum atomic E-state index is 12.1. The molecule has 22 heteroatoms. The Morgan fingerprint density at radius 3 is 1.84 bits per heavy atom. The van der Waals surface area contributed by atoms with E-state index in [1.165, 1.54) is 36.4 Å². The largest absolute Gasteiger partial charge is 0.478 e. The number of carbonyl (C=O) groups excluding carboxylic acids is 1. The fraction of sp³-hybridized carbons (Fsp3) is 0.282. The number of nitrogens with zero attached hydrogens (tertiary/aromatic N) is 8. The van der Waals surface area contributed by atoms with Crippen molar-refractivity contribution in [2.24, 2.45) is 20.5 Å².